The smallest absolute Gasteiger partial charge is 0.251 e. The number of hydrogen-bond acceptors (Lipinski definition) is 3. The van der Waals surface area contributed by atoms with Gasteiger partial charge in [-0.2, -0.15) is 0 Å². The van der Waals surface area contributed by atoms with E-state index in [4.69, 9.17) is 9.47 Å². The minimum absolute atomic E-state index is 0.000404. The van der Waals surface area contributed by atoms with Gasteiger partial charge in [-0.3, -0.25) is 4.79 Å². The van der Waals surface area contributed by atoms with E-state index in [2.05, 4.69) is 43.4 Å². The van der Waals surface area contributed by atoms with E-state index in [1.165, 1.54) is 5.56 Å². The van der Waals surface area contributed by atoms with Crippen molar-refractivity contribution in [1.29, 1.82) is 0 Å². The molecule has 0 radical (unpaired) electrons. The van der Waals surface area contributed by atoms with Gasteiger partial charge in [0.15, 0.2) is 0 Å². The van der Waals surface area contributed by atoms with Gasteiger partial charge >= 0.3 is 0 Å². The molecule has 1 heterocycles. The van der Waals surface area contributed by atoms with Crippen LogP contribution in [0.2, 0.25) is 0 Å². The third-order valence-electron chi connectivity index (χ3n) is 4.75. The summed E-state index contributed by atoms with van der Waals surface area (Å²) in [5.74, 6) is 0.622. The van der Waals surface area contributed by atoms with Crippen molar-refractivity contribution >= 4 is 5.91 Å². The van der Waals surface area contributed by atoms with Crippen LogP contribution in [0.5, 0.6) is 5.75 Å². The average molecular weight is 353 g/mol. The molecule has 2 aromatic rings. The van der Waals surface area contributed by atoms with Gasteiger partial charge in [-0.05, 0) is 49.9 Å². The molecule has 1 aliphatic heterocycles. The standard InChI is InChI=1S/C22H27NO3/c1-3-21(17-11-9-16(2)10-12-17)23-22(24)18-6-4-7-19(14-18)26-15-20-8-5-13-25-20/h4,6-7,9-12,14,20-21H,3,5,8,13,15H2,1-2H3,(H,23,24). The van der Waals surface area contributed by atoms with Gasteiger partial charge in [0.25, 0.3) is 5.91 Å². The van der Waals surface area contributed by atoms with Crippen molar-refractivity contribution in [3.8, 4) is 5.75 Å². The molecular formula is C22H27NO3. The largest absolute Gasteiger partial charge is 0.491 e. The molecule has 1 fully saturated rings. The number of benzene rings is 2. The molecule has 2 atom stereocenters. The van der Waals surface area contributed by atoms with Gasteiger partial charge in [0, 0.05) is 12.2 Å². The highest BCUT2D eigenvalue weighted by atomic mass is 16.5. The number of nitrogens with one attached hydrogen (secondary N) is 1. The van der Waals surface area contributed by atoms with Crippen molar-refractivity contribution in [3.63, 3.8) is 0 Å². The van der Waals surface area contributed by atoms with Crippen molar-refractivity contribution in [3.05, 3.63) is 65.2 Å². The van der Waals surface area contributed by atoms with E-state index in [9.17, 15) is 4.79 Å². The first-order valence-corrected chi connectivity index (χ1v) is 9.37. The van der Waals surface area contributed by atoms with Crippen LogP contribution in [0.25, 0.3) is 0 Å². The molecular weight excluding hydrogens is 326 g/mol. The SMILES string of the molecule is CCC(NC(=O)c1cccc(OCC2CCCO2)c1)c1ccc(C)cc1. The summed E-state index contributed by atoms with van der Waals surface area (Å²) in [6, 6.07) is 15.6. The number of rotatable bonds is 7. The minimum atomic E-state index is -0.0833. The minimum Gasteiger partial charge on any atom is -0.491 e. The second-order valence-electron chi connectivity index (χ2n) is 6.82. The summed E-state index contributed by atoms with van der Waals surface area (Å²) >= 11 is 0. The molecule has 0 saturated carbocycles. The number of carbonyl (C=O) groups excluding carboxylic acids is 1. The van der Waals surface area contributed by atoms with E-state index in [1.807, 2.05) is 18.2 Å². The molecule has 0 aliphatic carbocycles. The Bertz CT molecular complexity index is 720. The first kappa shape index (κ1) is 18.5. The third-order valence-corrected chi connectivity index (χ3v) is 4.75. The summed E-state index contributed by atoms with van der Waals surface area (Å²) in [7, 11) is 0. The average Bonchev–Trinajstić information content (AvgIpc) is 3.19. The van der Waals surface area contributed by atoms with Crippen molar-refractivity contribution in [2.45, 2.75) is 45.3 Å². The molecule has 1 amide bonds. The van der Waals surface area contributed by atoms with Gasteiger partial charge in [-0.1, -0.05) is 42.8 Å². The fourth-order valence-electron chi connectivity index (χ4n) is 3.15. The molecule has 2 unspecified atom stereocenters. The van der Waals surface area contributed by atoms with Gasteiger partial charge in [0.05, 0.1) is 12.1 Å². The lowest BCUT2D eigenvalue weighted by molar-refractivity contribution is 0.0679. The Morgan fingerprint density at radius 1 is 1.27 bits per heavy atom. The van der Waals surface area contributed by atoms with Crippen LogP contribution in [0, 0.1) is 6.92 Å². The monoisotopic (exact) mass is 353 g/mol. The number of hydrogen-bond donors (Lipinski definition) is 1. The Kier molecular flexibility index (Phi) is 6.29. The van der Waals surface area contributed by atoms with Gasteiger partial charge < -0.3 is 14.8 Å². The highest BCUT2D eigenvalue weighted by Crippen LogP contribution is 2.20. The van der Waals surface area contributed by atoms with E-state index in [0.717, 1.165) is 31.4 Å². The fourth-order valence-corrected chi connectivity index (χ4v) is 3.15. The highest BCUT2D eigenvalue weighted by molar-refractivity contribution is 5.94. The number of carbonyl (C=O) groups is 1. The predicted molar refractivity (Wildman–Crippen MR) is 103 cm³/mol. The Labute approximate surface area is 155 Å². The molecule has 2 aromatic carbocycles. The van der Waals surface area contributed by atoms with Crippen molar-refractivity contribution in [2.24, 2.45) is 0 Å². The van der Waals surface area contributed by atoms with Crippen LogP contribution in [-0.4, -0.2) is 25.2 Å². The van der Waals surface area contributed by atoms with Crippen LogP contribution in [-0.2, 0) is 4.74 Å². The molecule has 0 spiro atoms. The Balaban J connectivity index is 1.62. The lowest BCUT2D eigenvalue weighted by Gasteiger charge is -2.18. The van der Waals surface area contributed by atoms with E-state index < -0.39 is 0 Å². The number of amides is 1. The zero-order valence-electron chi connectivity index (χ0n) is 15.5. The van der Waals surface area contributed by atoms with Gasteiger partial charge in [0.2, 0.25) is 0 Å². The van der Waals surface area contributed by atoms with E-state index in [1.54, 1.807) is 6.07 Å². The van der Waals surface area contributed by atoms with Crippen LogP contribution in [0.15, 0.2) is 48.5 Å². The quantitative estimate of drug-likeness (QED) is 0.801. The van der Waals surface area contributed by atoms with Crippen molar-refractivity contribution < 1.29 is 14.3 Å². The molecule has 0 aromatic heterocycles. The first-order valence-electron chi connectivity index (χ1n) is 9.37. The molecule has 26 heavy (non-hydrogen) atoms. The number of ether oxygens (including phenoxy) is 2. The van der Waals surface area contributed by atoms with E-state index >= 15 is 0 Å². The first-order chi connectivity index (χ1) is 12.7. The number of aryl methyl sites for hydroxylation is 1. The summed E-state index contributed by atoms with van der Waals surface area (Å²) in [6.07, 6.45) is 3.13. The Hall–Kier alpha value is -2.33. The second-order valence-corrected chi connectivity index (χ2v) is 6.82. The maximum absolute atomic E-state index is 12.7. The molecule has 0 bridgehead atoms. The Morgan fingerprint density at radius 3 is 2.77 bits per heavy atom. The lowest BCUT2D eigenvalue weighted by Crippen LogP contribution is -2.28. The second kappa shape index (κ2) is 8.86. The van der Waals surface area contributed by atoms with Gasteiger partial charge in [0.1, 0.15) is 12.4 Å². The van der Waals surface area contributed by atoms with Crippen molar-refractivity contribution in [1.82, 2.24) is 5.32 Å². The predicted octanol–water partition coefficient (Wildman–Crippen LogP) is 4.43. The van der Waals surface area contributed by atoms with Gasteiger partial charge in [-0.25, -0.2) is 0 Å². The van der Waals surface area contributed by atoms with Crippen molar-refractivity contribution in [2.75, 3.05) is 13.2 Å². The summed E-state index contributed by atoms with van der Waals surface area (Å²) in [6.45, 7) is 5.48. The zero-order valence-corrected chi connectivity index (χ0v) is 15.5. The summed E-state index contributed by atoms with van der Waals surface area (Å²) in [4.78, 5) is 12.7. The van der Waals surface area contributed by atoms with Gasteiger partial charge in [-0.15, -0.1) is 0 Å². The summed E-state index contributed by atoms with van der Waals surface area (Å²) in [5, 5.41) is 3.12. The van der Waals surface area contributed by atoms with Crippen LogP contribution >= 0.6 is 0 Å². The van der Waals surface area contributed by atoms with Crippen LogP contribution in [0.4, 0.5) is 0 Å². The zero-order chi connectivity index (χ0) is 18.4. The van der Waals surface area contributed by atoms with E-state index in [0.29, 0.717) is 17.9 Å². The molecule has 1 N–H and O–H groups in total. The Morgan fingerprint density at radius 2 is 2.08 bits per heavy atom. The molecule has 1 aliphatic rings. The maximum Gasteiger partial charge on any atom is 0.251 e. The maximum atomic E-state index is 12.7. The summed E-state index contributed by atoms with van der Waals surface area (Å²) < 4.78 is 11.4. The highest BCUT2D eigenvalue weighted by Gasteiger charge is 2.17. The van der Waals surface area contributed by atoms with Crippen LogP contribution in [0.3, 0.4) is 0 Å². The lowest BCUT2D eigenvalue weighted by atomic mass is 10.0. The third kappa shape index (κ3) is 4.85. The molecule has 3 rings (SSSR count). The normalized spacial score (nSPS) is 17.7. The molecule has 1 saturated heterocycles. The van der Waals surface area contributed by atoms with Crippen LogP contribution in [0.1, 0.15) is 53.7 Å². The molecule has 4 nitrogen and oxygen atoms in total. The topological polar surface area (TPSA) is 47.6 Å². The fraction of sp³-hybridized carbons (Fsp3) is 0.409. The van der Waals surface area contributed by atoms with Crippen LogP contribution < -0.4 is 10.1 Å². The summed E-state index contributed by atoms with van der Waals surface area (Å²) in [5.41, 5.74) is 2.95. The molecule has 138 valence electrons. The molecule has 4 heteroatoms. The van der Waals surface area contributed by atoms with E-state index in [-0.39, 0.29) is 18.1 Å².